The van der Waals surface area contributed by atoms with Crippen LogP contribution in [0.3, 0.4) is 0 Å². The largest absolute Gasteiger partial charge is 0.254 e. The molecule has 84 valence electrons. The van der Waals surface area contributed by atoms with Gasteiger partial charge in [-0.1, -0.05) is 36.4 Å². The highest BCUT2D eigenvalue weighted by atomic mass is 14.7. The van der Waals surface area contributed by atoms with E-state index in [1.165, 1.54) is 5.39 Å². The van der Waals surface area contributed by atoms with Crippen LogP contribution in [0.2, 0.25) is 0 Å². The lowest BCUT2D eigenvalue weighted by molar-refractivity contribution is 1.40. The van der Waals surface area contributed by atoms with Crippen molar-refractivity contribution in [2.45, 2.75) is 0 Å². The number of rotatable bonds is 0. The fourth-order valence-electron chi connectivity index (χ4n) is 2.38. The summed E-state index contributed by atoms with van der Waals surface area (Å²) in [6, 6.07) is 18.6. The predicted octanol–water partition coefficient (Wildman–Crippen LogP) is 3.94. The Morgan fingerprint density at radius 1 is 0.667 bits per heavy atom. The zero-order valence-electron chi connectivity index (χ0n) is 9.67. The van der Waals surface area contributed by atoms with E-state index in [2.05, 4.69) is 35.3 Å². The molecule has 0 atom stereocenters. The van der Waals surface area contributed by atoms with E-state index in [9.17, 15) is 0 Å². The third-order valence-corrected chi connectivity index (χ3v) is 3.26. The lowest BCUT2D eigenvalue weighted by atomic mass is 10.1. The molecular formula is C16H10N2. The van der Waals surface area contributed by atoms with E-state index in [-0.39, 0.29) is 0 Å². The first-order valence-corrected chi connectivity index (χ1v) is 5.95. The Labute approximate surface area is 104 Å². The van der Waals surface area contributed by atoms with Gasteiger partial charge in [-0.2, -0.15) is 0 Å². The Balaban J connectivity index is 2.27. The molecule has 0 N–H and O–H groups in total. The number of pyridine rings is 2. The Morgan fingerprint density at radius 3 is 2.50 bits per heavy atom. The molecule has 2 heteroatoms. The molecule has 0 unspecified atom stereocenters. The first kappa shape index (κ1) is 9.54. The predicted molar refractivity (Wildman–Crippen MR) is 74.6 cm³/mol. The van der Waals surface area contributed by atoms with E-state index in [1.54, 1.807) is 0 Å². The molecule has 4 rings (SSSR count). The van der Waals surface area contributed by atoms with Crippen LogP contribution in [0.4, 0.5) is 0 Å². The third-order valence-electron chi connectivity index (χ3n) is 3.26. The maximum Gasteiger partial charge on any atom is 0.0972 e. The number of fused-ring (bicyclic) bond motifs is 4. The van der Waals surface area contributed by atoms with Gasteiger partial charge in [0.05, 0.1) is 16.6 Å². The van der Waals surface area contributed by atoms with Gasteiger partial charge in [0.25, 0.3) is 0 Å². The Bertz CT molecular complexity index is 875. The van der Waals surface area contributed by atoms with Crippen LogP contribution >= 0.6 is 0 Å². The standard InChI is InChI=1S/C16H10N2/c1-2-6-14-12(4-1)10-13-8-7-11-5-3-9-17-15(11)16(13)18-14/h1-10H. The molecule has 0 saturated heterocycles. The summed E-state index contributed by atoms with van der Waals surface area (Å²) in [6.07, 6.45) is 1.82. The maximum absolute atomic E-state index is 4.74. The molecule has 4 aromatic rings. The van der Waals surface area contributed by atoms with E-state index in [1.807, 2.05) is 30.5 Å². The number of nitrogens with zero attached hydrogens (tertiary/aromatic N) is 2. The van der Waals surface area contributed by atoms with Gasteiger partial charge in [0.15, 0.2) is 0 Å². The molecule has 2 aromatic carbocycles. The first-order valence-electron chi connectivity index (χ1n) is 5.95. The number of para-hydroxylation sites is 1. The lowest BCUT2D eigenvalue weighted by Gasteiger charge is -2.04. The molecule has 0 aliphatic rings. The topological polar surface area (TPSA) is 25.8 Å². The SMILES string of the molecule is c1ccc2nc3c(ccc4cccnc43)cc2c1. The molecule has 0 saturated carbocycles. The zero-order chi connectivity index (χ0) is 11.9. The summed E-state index contributed by atoms with van der Waals surface area (Å²) in [7, 11) is 0. The fourth-order valence-corrected chi connectivity index (χ4v) is 2.38. The van der Waals surface area contributed by atoms with Crippen LogP contribution in [-0.2, 0) is 0 Å². The highest BCUT2D eigenvalue weighted by Crippen LogP contribution is 2.25. The van der Waals surface area contributed by atoms with Gasteiger partial charge in [-0.25, -0.2) is 4.98 Å². The summed E-state index contributed by atoms with van der Waals surface area (Å²) in [4.78, 5) is 9.20. The van der Waals surface area contributed by atoms with Gasteiger partial charge in [0.2, 0.25) is 0 Å². The molecule has 0 aliphatic carbocycles. The lowest BCUT2D eigenvalue weighted by Crippen LogP contribution is -1.86. The maximum atomic E-state index is 4.74. The van der Waals surface area contributed by atoms with Crippen LogP contribution < -0.4 is 0 Å². The number of benzene rings is 2. The second-order valence-corrected chi connectivity index (χ2v) is 4.39. The highest BCUT2D eigenvalue weighted by molar-refractivity contribution is 6.06. The number of hydrogen-bond donors (Lipinski definition) is 0. The van der Waals surface area contributed by atoms with Crippen molar-refractivity contribution in [1.82, 2.24) is 9.97 Å². The Kier molecular flexibility index (Phi) is 1.86. The summed E-state index contributed by atoms with van der Waals surface area (Å²) < 4.78 is 0. The van der Waals surface area contributed by atoms with Crippen molar-refractivity contribution < 1.29 is 0 Å². The van der Waals surface area contributed by atoms with Crippen molar-refractivity contribution in [3.63, 3.8) is 0 Å². The van der Waals surface area contributed by atoms with Gasteiger partial charge in [0, 0.05) is 22.4 Å². The van der Waals surface area contributed by atoms with Crippen LogP contribution in [0, 0.1) is 0 Å². The monoisotopic (exact) mass is 230 g/mol. The van der Waals surface area contributed by atoms with Crippen molar-refractivity contribution in [1.29, 1.82) is 0 Å². The van der Waals surface area contributed by atoms with E-state index in [0.717, 1.165) is 27.3 Å². The Morgan fingerprint density at radius 2 is 1.50 bits per heavy atom. The average molecular weight is 230 g/mol. The molecule has 0 amide bonds. The van der Waals surface area contributed by atoms with Crippen molar-refractivity contribution in [3.05, 3.63) is 60.8 Å². The molecule has 0 spiro atoms. The minimum Gasteiger partial charge on any atom is -0.254 e. The highest BCUT2D eigenvalue weighted by Gasteiger charge is 2.04. The van der Waals surface area contributed by atoms with Gasteiger partial charge >= 0.3 is 0 Å². The van der Waals surface area contributed by atoms with Gasteiger partial charge in [0.1, 0.15) is 0 Å². The summed E-state index contributed by atoms with van der Waals surface area (Å²) in [5, 5.41) is 3.44. The molecule has 2 aromatic heterocycles. The second-order valence-electron chi connectivity index (χ2n) is 4.39. The quantitative estimate of drug-likeness (QED) is 0.338. The molecule has 0 radical (unpaired) electrons. The van der Waals surface area contributed by atoms with Gasteiger partial charge in [-0.05, 0) is 18.2 Å². The molecule has 0 fully saturated rings. The summed E-state index contributed by atoms with van der Waals surface area (Å²) in [5.41, 5.74) is 2.97. The van der Waals surface area contributed by atoms with Crippen LogP contribution in [0.15, 0.2) is 60.8 Å². The number of aromatic nitrogens is 2. The van der Waals surface area contributed by atoms with Crippen molar-refractivity contribution in [3.8, 4) is 0 Å². The van der Waals surface area contributed by atoms with Crippen LogP contribution in [0.1, 0.15) is 0 Å². The normalized spacial score (nSPS) is 11.3. The van der Waals surface area contributed by atoms with Crippen molar-refractivity contribution >= 4 is 32.7 Å². The average Bonchev–Trinajstić information content (AvgIpc) is 2.45. The van der Waals surface area contributed by atoms with E-state index < -0.39 is 0 Å². The van der Waals surface area contributed by atoms with Crippen molar-refractivity contribution in [2.75, 3.05) is 0 Å². The number of hydrogen-bond acceptors (Lipinski definition) is 2. The summed E-state index contributed by atoms with van der Waals surface area (Å²) in [6.45, 7) is 0. The summed E-state index contributed by atoms with van der Waals surface area (Å²) in [5.74, 6) is 0. The smallest absolute Gasteiger partial charge is 0.0972 e. The second kappa shape index (κ2) is 3.50. The minimum atomic E-state index is 0.973. The summed E-state index contributed by atoms with van der Waals surface area (Å²) >= 11 is 0. The molecular weight excluding hydrogens is 220 g/mol. The van der Waals surface area contributed by atoms with E-state index in [4.69, 9.17) is 4.98 Å². The van der Waals surface area contributed by atoms with Gasteiger partial charge in [-0.3, -0.25) is 4.98 Å². The van der Waals surface area contributed by atoms with Gasteiger partial charge in [-0.15, -0.1) is 0 Å². The van der Waals surface area contributed by atoms with Crippen LogP contribution in [0.25, 0.3) is 32.7 Å². The first-order chi connectivity index (χ1) is 8.92. The fraction of sp³-hybridized carbons (Fsp3) is 0. The Hall–Kier alpha value is -2.48. The van der Waals surface area contributed by atoms with Crippen molar-refractivity contribution in [2.24, 2.45) is 0 Å². The molecule has 0 aliphatic heterocycles. The molecule has 2 heterocycles. The van der Waals surface area contributed by atoms with Crippen LogP contribution in [0.5, 0.6) is 0 Å². The van der Waals surface area contributed by atoms with Crippen LogP contribution in [-0.4, -0.2) is 9.97 Å². The van der Waals surface area contributed by atoms with Gasteiger partial charge < -0.3 is 0 Å². The molecule has 18 heavy (non-hydrogen) atoms. The minimum absolute atomic E-state index is 0.973. The molecule has 0 bridgehead atoms. The zero-order valence-corrected chi connectivity index (χ0v) is 9.67. The molecule has 2 nitrogen and oxygen atoms in total. The van der Waals surface area contributed by atoms with E-state index >= 15 is 0 Å². The van der Waals surface area contributed by atoms with E-state index in [0.29, 0.717) is 0 Å². The third kappa shape index (κ3) is 1.29.